The molecule has 0 bridgehead atoms. The molecular weight excluding hydrogens is 357 g/mol. The lowest BCUT2D eigenvalue weighted by molar-refractivity contribution is 0.0700. The highest BCUT2D eigenvalue weighted by Gasteiger charge is 2.25. The maximum absolute atomic E-state index is 12.5. The van der Waals surface area contributed by atoms with E-state index in [0.29, 0.717) is 6.54 Å². The number of hydrogen-bond donors (Lipinski definition) is 0. The highest BCUT2D eigenvalue weighted by atomic mass is 35.7. The molecule has 0 heterocycles. The Kier molecular flexibility index (Phi) is 6.35. The summed E-state index contributed by atoms with van der Waals surface area (Å²) in [6.07, 6.45) is 0.769. The van der Waals surface area contributed by atoms with Gasteiger partial charge < -0.3 is 4.90 Å². The molecule has 0 aliphatic rings. The van der Waals surface area contributed by atoms with Gasteiger partial charge in [0.05, 0.1) is 15.6 Å². The fraction of sp³-hybridized carbons (Fsp3) is 0.462. The molecule has 0 spiro atoms. The lowest BCUT2D eigenvalue weighted by atomic mass is 10.1. The average Bonchev–Trinajstić information content (AvgIpc) is 2.37. The van der Waals surface area contributed by atoms with Gasteiger partial charge >= 0.3 is 0 Å². The fourth-order valence-electron chi connectivity index (χ4n) is 1.91. The predicted octanol–water partition coefficient (Wildman–Crippen LogP) is 4.18. The second-order valence-electron chi connectivity index (χ2n) is 4.55. The number of halogens is 3. The molecule has 0 fully saturated rings. The van der Waals surface area contributed by atoms with Crippen LogP contribution in [0, 0.1) is 0 Å². The van der Waals surface area contributed by atoms with Gasteiger partial charge in [-0.3, -0.25) is 4.79 Å². The highest BCUT2D eigenvalue weighted by Crippen LogP contribution is 2.31. The van der Waals surface area contributed by atoms with Gasteiger partial charge in [-0.1, -0.05) is 30.1 Å². The Morgan fingerprint density at radius 1 is 1.24 bits per heavy atom. The fourth-order valence-corrected chi connectivity index (χ4v) is 3.73. The summed E-state index contributed by atoms with van der Waals surface area (Å²) in [7, 11) is 1.26. The number of amides is 1. The standard InChI is InChI=1S/C13H16Cl3NO3S/c1-4-8(3)17(5-2)13(18)9-6-12(21(16,19)20)11(15)7-10(9)14/h6-8H,4-5H2,1-3H3. The Morgan fingerprint density at radius 3 is 2.24 bits per heavy atom. The molecule has 0 aromatic heterocycles. The zero-order valence-electron chi connectivity index (χ0n) is 11.9. The van der Waals surface area contributed by atoms with Gasteiger partial charge in [-0.05, 0) is 32.4 Å². The highest BCUT2D eigenvalue weighted by molar-refractivity contribution is 8.13. The van der Waals surface area contributed by atoms with Crippen molar-refractivity contribution in [2.45, 2.75) is 38.1 Å². The Bertz CT molecular complexity index is 646. The number of nitrogens with zero attached hydrogens (tertiary/aromatic N) is 1. The van der Waals surface area contributed by atoms with Crippen LogP contribution in [0.3, 0.4) is 0 Å². The van der Waals surface area contributed by atoms with E-state index < -0.39 is 9.05 Å². The second kappa shape index (κ2) is 7.18. The van der Waals surface area contributed by atoms with E-state index in [1.165, 1.54) is 6.07 Å². The van der Waals surface area contributed by atoms with Crippen LogP contribution < -0.4 is 0 Å². The van der Waals surface area contributed by atoms with Crippen molar-refractivity contribution in [2.24, 2.45) is 0 Å². The minimum atomic E-state index is -4.05. The summed E-state index contributed by atoms with van der Waals surface area (Å²) >= 11 is 11.8. The van der Waals surface area contributed by atoms with E-state index in [9.17, 15) is 13.2 Å². The molecule has 21 heavy (non-hydrogen) atoms. The monoisotopic (exact) mass is 371 g/mol. The van der Waals surface area contributed by atoms with E-state index in [2.05, 4.69) is 0 Å². The van der Waals surface area contributed by atoms with Crippen molar-refractivity contribution in [3.8, 4) is 0 Å². The molecule has 1 aromatic rings. The Labute approximate surface area is 139 Å². The normalized spacial score (nSPS) is 13.0. The van der Waals surface area contributed by atoms with Gasteiger partial charge in [0.15, 0.2) is 0 Å². The predicted molar refractivity (Wildman–Crippen MR) is 86.0 cm³/mol. The van der Waals surface area contributed by atoms with Gasteiger partial charge in [0.1, 0.15) is 4.90 Å². The smallest absolute Gasteiger partial charge is 0.262 e. The SMILES string of the molecule is CCC(C)N(CC)C(=O)c1cc(S(=O)(=O)Cl)c(Cl)cc1Cl. The summed E-state index contributed by atoms with van der Waals surface area (Å²) < 4.78 is 23.0. The van der Waals surface area contributed by atoms with E-state index in [4.69, 9.17) is 33.9 Å². The first kappa shape index (κ1) is 18.6. The van der Waals surface area contributed by atoms with Crippen LogP contribution in [-0.2, 0) is 9.05 Å². The van der Waals surface area contributed by atoms with E-state index in [1.54, 1.807) is 4.90 Å². The van der Waals surface area contributed by atoms with Gasteiger partial charge in [0.2, 0.25) is 0 Å². The number of carbonyl (C=O) groups excluding carboxylic acids is 1. The zero-order valence-corrected chi connectivity index (χ0v) is 14.9. The van der Waals surface area contributed by atoms with Crippen molar-refractivity contribution in [1.29, 1.82) is 0 Å². The molecule has 1 unspecified atom stereocenters. The molecule has 1 aromatic carbocycles. The van der Waals surface area contributed by atoms with E-state index >= 15 is 0 Å². The van der Waals surface area contributed by atoms with Gasteiger partial charge in [0.25, 0.3) is 15.0 Å². The van der Waals surface area contributed by atoms with Gasteiger partial charge in [0, 0.05) is 23.3 Å². The van der Waals surface area contributed by atoms with Crippen LogP contribution in [0.4, 0.5) is 0 Å². The van der Waals surface area contributed by atoms with Crippen LogP contribution in [0.15, 0.2) is 17.0 Å². The summed E-state index contributed by atoms with van der Waals surface area (Å²) in [4.78, 5) is 13.8. The van der Waals surface area contributed by atoms with Crippen molar-refractivity contribution in [1.82, 2.24) is 4.90 Å². The van der Waals surface area contributed by atoms with Crippen molar-refractivity contribution in [3.05, 3.63) is 27.7 Å². The van der Waals surface area contributed by atoms with Crippen molar-refractivity contribution >= 4 is 48.8 Å². The van der Waals surface area contributed by atoms with Crippen LogP contribution in [0.2, 0.25) is 10.0 Å². The van der Waals surface area contributed by atoms with Gasteiger partial charge in [-0.15, -0.1) is 0 Å². The Morgan fingerprint density at radius 2 is 1.81 bits per heavy atom. The molecule has 0 saturated heterocycles. The van der Waals surface area contributed by atoms with Crippen LogP contribution >= 0.6 is 33.9 Å². The quantitative estimate of drug-likeness (QED) is 0.728. The molecule has 0 aliphatic heterocycles. The van der Waals surface area contributed by atoms with Crippen LogP contribution in [0.25, 0.3) is 0 Å². The van der Waals surface area contributed by atoms with Gasteiger partial charge in [-0.2, -0.15) is 0 Å². The first-order chi connectivity index (χ1) is 9.63. The molecule has 4 nitrogen and oxygen atoms in total. The third-order valence-corrected chi connectivity index (χ3v) is 5.34. The largest absolute Gasteiger partial charge is 0.336 e. The van der Waals surface area contributed by atoms with E-state index in [0.717, 1.165) is 12.5 Å². The first-order valence-electron chi connectivity index (χ1n) is 6.38. The molecular formula is C13H16Cl3NO3S. The van der Waals surface area contributed by atoms with Crippen molar-refractivity contribution in [2.75, 3.05) is 6.54 Å². The average molecular weight is 373 g/mol. The van der Waals surface area contributed by atoms with E-state index in [-0.39, 0.29) is 32.5 Å². The first-order valence-corrected chi connectivity index (χ1v) is 9.44. The topological polar surface area (TPSA) is 54.5 Å². The maximum Gasteiger partial charge on any atom is 0.262 e. The van der Waals surface area contributed by atoms with Crippen LogP contribution in [0.5, 0.6) is 0 Å². The number of rotatable bonds is 5. The minimum Gasteiger partial charge on any atom is -0.336 e. The maximum atomic E-state index is 12.5. The molecule has 1 atom stereocenters. The van der Waals surface area contributed by atoms with Crippen LogP contribution in [-0.4, -0.2) is 31.8 Å². The Balaban J connectivity index is 3.40. The molecule has 1 amide bonds. The summed E-state index contributed by atoms with van der Waals surface area (Å²) in [6.45, 7) is 6.19. The third kappa shape index (κ3) is 4.25. The Hall–Kier alpha value is -0.490. The lowest BCUT2D eigenvalue weighted by Gasteiger charge is -2.27. The second-order valence-corrected chi connectivity index (χ2v) is 7.90. The van der Waals surface area contributed by atoms with Crippen molar-refractivity contribution in [3.63, 3.8) is 0 Å². The molecule has 0 saturated carbocycles. The summed E-state index contributed by atoms with van der Waals surface area (Å²) in [6, 6.07) is 2.35. The van der Waals surface area contributed by atoms with Crippen LogP contribution in [0.1, 0.15) is 37.6 Å². The lowest BCUT2D eigenvalue weighted by Crippen LogP contribution is -2.38. The molecule has 0 N–H and O–H groups in total. The third-order valence-electron chi connectivity index (χ3n) is 3.24. The molecule has 8 heteroatoms. The molecule has 0 aliphatic carbocycles. The summed E-state index contributed by atoms with van der Waals surface area (Å²) in [5.41, 5.74) is 0.0717. The molecule has 118 valence electrons. The van der Waals surface area contributed by atoms with Crippen molar-refractivity contribution < 1.29 is 13.2 Å². The number of carbonyl (C=O) groups is 1. The number of benzene rings is 1. The summed E-state index contributed by atoms with van der Waals surface area (Å²) in [5, 5.41) is -0.0195. The molecule has 0 radical (unpaired) electrons. The minimum absolute atomic E-state index is 0.00491. The van der Waals surface area contributed by atoms with Gasteiger partial charge in [-0.25, -0.2) is 8.42 Å². The summed E-state index contributed by atoms with van der Waals surface area (Å²) in [5.74, 6) is -0.352. The van der Waals surface area contributed by atoms with E-state index in [1.807, 2.05) is 20.8 Å². The zero-order chi connectivity index (χ0) is 16.4. The number of hydrogen-bond acceptors (Lipinski definition) is 3. The molecule has 1 rings (SSSR count).